The van der Waals surface area contributed by atoms with Crippen LogP contribution >= 0.6 is 11.6 Å². The Labute approximate surface area is 128 Å². The van der Waals surface area contributed by atoms with Crippen LogP contribution in [0.25, 0.3) is 0 Å². The number of sulfonamides is 1. The first-order valence-electron chi connectivity index (χ1n) is 6.05. The van der Waals surface area contributed by atoms with Gasteiger partial charge in [-0.3, -0.25) is 4.72 Å². The Morgan fingerprint density at radius 2 is 1.71 bits per heavy atom. The second-order valence-corrected chi connectivity index (χ2v) is 6.71. The van der Waals surface area contributed by atoms with Crippen molar-refractivity contribution >= 4 is 33.0 Å². The number of anilines is 2. The Balaban J connectivity index is 2.29. The molecule has 2 aromatic carbocycles. The predicted molar refractivity (Wildman–Crippen MR) is 83.0 cm³/mol. The molecule has 0 radical (unpaired) electrons. The molecule has 0 aliphatic rings. The van der Waals surface area contributed by atoms with E-state index < -0.39 is 15.8 Å². The average Bonchev–Trinajstić information content (AvgIpc) is 2.38. The quantitative estimate of drug-likeness (QED) is 0.936. The van der Waals surface area contributed by atoms with Crippen molar-refractivity contribution < 1.29 is 12.8 Å². The van der Waals surface area contributed by atoms with Gasteiger partial charge in [-0.2, -0.15) is 0 Å². The molecule has 0 aliphatic carbocycles. The lowest BCUT2D eigenvalue weighted by atomic mass is 10.3. The van der Waals surface area contributed by atoms with Crippen LogP contribution in [0, 0.1) is 5.82 Å². The van der Waals surface area contributed by atoms with Crippen molar-refractivity contribution in [3.8, 4) is 0 Å². The van der Waals surface area contributed by atoms with Gasteiger partial charge in [0.25, 0.3) is 10.0 Å². The zero-order valence-corrected chi connectivity index (χ0v) is 13.0. The van der Waals surface area contributed by atoms with E-state index in [4.69, 9.17) is 11.6 Å². The van der Waals surface area contributed by atoms with Crippen LogP contribution in [0.4, 0.5) is 15.8 Å². The summed E-state index contributed by atoms with van der Waals surface area (Å²) < 4.78 is 39.6. The van der Waals surface area contributed by atoms with Crippen LogP contribution in [0.2, 0.25) is 5.02 Å². The number of halogens is 2. The van der Waals surface area contributed by atoms with Crippen molar-refractivity contribution in [1.82, 2.24) is 0 Å². The fraction of sp³-hybridized carbons (Fsp3) is 0.143. The van der Waals surface area contributed by atoms with Crippen LogP contribution < -0.4 is 9.62 Å². The fourth-order valence-corrected chi connectivity index (χ4v) is 3.16. The number of rotatable bonds is 4. The van der Waals surface area contributed by atoms with Crippen LogP contribution in [0.3, 0.4) is 0 Å². The molecule has 0 atom stereocenters. The Hall–Kier alpha value is -1.79. The summed E-state index contributed by atoms with van der Waals surface area (Å²) >= 11 is 6.09. The molecule has 0 bridgehead atoms. The highest BCUT2D eigenvalue weighted by atomic mass is 35.5. The Morgan fingerprint density at radius 3 is 2.24 bits per heavy atom. The summed E-state index contributed by atoms with van der Waals surface area (Å²) in [4.78, 5) is 1.80. The van der Waals surface area contributed by atoms with Gasteiger partial charge in [0.1, 0.15) is 5.82 Å². The van der Waals surface area contributed by atoms with Crippen molar-refractivity contribution in [1.29, 1.82) is 0 Å². The number of hydrogen-bond acceptors (Lipinski definition) is 3. The van der Waals surface area contributed by atoms with Crippen LogP contribution in [-0.4, -0.2) is 22.5 Å². The summed E-state index contributed by atoms with van der Waals surface area (Å²) in [6.45, 7) is 0. The summed E-state index contributed by atoms with van der Waals surface area (Å²) in [7, 11) is -0.0951. The summed E-state index contributed by atoms with van der Waals surface area (Å²) in [6, 6.07) is 9.44. The minimum absolute atomic E-state index is 0.0169. The summed E-state index contributed by atoms with van der Waals surface area (Å²) in [5.41, 5.74) is 1.12. The van der Waals surface area contributed by atoms with E-state index >= 15 is 0 Å². The average molecular weight is 329 g/mol. The van der Waals surface area contributed by atoms with E-state index in [-0.39, 0.29) is 4.90 Å². The maximum absolute atomic E-state index is 12.8. The molecule has 112 valence electrons. The van der Waals surface area contributed by atoms with Gasteiger partial charge >= 0.3 is 0 Å². The van der Waals surface area contributed by atoms with Crippen LogP contribution in [-0.2, 0) is 10.0 Å². The van der Waals surface area contributed by atoms with Crippen molar-refractivity contribution in [3.63, 3.8) is 0 Å². The minimum atomic E-state index is -3.77. The molecular weight excluding hydrogens is 315 g/mol. The maximum atomic E-state index is 12.8. The zero-order chi connectivity index (χ0) is 15.6. The molecule has 2 rings (SSSR count). The first kappa shape index (κ1) is 15.6. The van der Waals surface area contributed by atoms with E-state index in [9.17, 15) is 12.8 Å². The van der Waals surface area contributed by atoms with Gasteiger partial charge in [0.05, 0.1) is 21.3 Å². The summed E-state index contributed by atoms with van der Waals surface area (Å²) in [5, 5.41) is 0.430. The van der Waals surface area contributed by atoms with Crippen molar-refractivity contribution in [3.05, 3.63) is 53.3 Å². The van der Waals surface area contributed by atoms with Crippen molar-refractivity contribution in [2.45, 2.75) is 4.90 Å². The third kappa shape index (κ3) is 3.65. The number of nitrogens with zero attached hydrogens (tertiary/aromatic N) is 1. The highest BCUT2D eigenvalue weighted by molar-refractivity contribution is 7.92. The molecule has 0 saturated heterocycles. The first-order chi connectivity index (χ1) is 9.79. The lowest BCUT2D eigenvalue weighted by Crippen LogP contribution is -2.13. The molecule has 21 heavy (non-hydrogen) atoms. The molecule has 0 unspecified atom stereocenters. The maximum Gasteiger partial charge on any atom is 0.261 e. The Bertz CT molecular complexity index is 746. The molecule has 0 spiro atoms. The van der Waals surface area contributed by atoms with Gasteiger partial charge in [0, 0.05) is 14.1 Å². The van der Waals surface area contributed by atoms with Crippen molar-refractivity contribution in [2.75, 3.05) is 23.7 Å². The van der Waals surface area contributed by atoms with E-state index in [1.54, 1.807) is 12.1 Å². The SMILES string of the molecule is CN(C)c1ccc(NS(=O)(=O)c2ccc(F)cc2)cc1Cl. The van der Waals surface area contributed by atoms with E-state index in [2.05, 4.69) is 4.72 Å². The fourth-order valence-electron chi connectivity index (χ4n) is 1.76. The first-order valence-corrected chi connectivity index (χ1v) is 7.91. The zero-order valence-electron chi connectivity index (χ0n) is 11.5. The highest BCUT2D eigenvalue weighted by Gasteiger charge is 2.15. The van der Waals surface area contributed by atoms with Gasteiger partial charge in [-0.1, -0.05) is 11.6 Å². The van der Waals surface area contributed by atoms with Crippen molar-refractivity contribution in [2.24, 2.45) is 0 Å². The molecule has 0 aromatic heterocycles. The van der Waals surface area contributed by atoms with Gasteiger partial charge in [-0.05, 0) is 42.5 Å². The smallest absolute Gasteiger partial charge is 0.261 e. The second kappa shape index (κ2) is 5.91. The standard InChI is InChI=1S/C14H14ClFN2O2S/c1-18(2)14-8-5-11(9-13(14)15)17-21(19,20)12-6-3-10(16)4-7-12/h3-9,17H,1-2H3. The predicted octanol–water partition coefficient (Wildman–Crippen LogP) is 3.35. The molecule has 4 nitrogen and oxygen atoms in total. The van der Waals surface area contributed by atoms with Crippen LogP contribution in [0.1, 0.15) is 0 Å². The third-order valence-corrected chi connectivity index (χ3v) is 4.51. The largest absolute Gasteiger partial charge is 0.376 e. The van der Waals surface area contributed by atoms with E-state index in [1.807, 2.05) is 19.0 Å². The lowest BCUT2D eigenvalue weighted by Gasteiger charge is -2.15. The van der Waals surface area contributed by atoms with Gasteiger partial charge in [0.2, 0.25) is 0 Å². The summed E-state index contributed by atoms with van der Waals surface area (Å²) in [6.07, 6.45) is 0. The molecule has 1 N–H and O–H groups in total. The highest BCUT2D eigenvalue weighted by Crippen LogP contribution is 2.28. The molecule has 0 heterocycles. The molecule has 7 heteroatoms. The Morgan fingerprint density at radius 1 is 1.10 bits per heavy atom. The summed E-state index contributed by atoms with van der Waals surface area (Å²) in [5.74, 6) is -0.493. The van der Waals surface area contributed by atoms with Gasteiger partial charge in [0.15, 0.2) is 0 Å². The number of nitrogens with one attached hydrogen (secondary N) is 1. The van der Waals surface area contributed by atoms with E-state index in [0.29, 0.717) is 10.7 Å². The Kier molecular flexibility index (Phi) is 4.39. The van der Waals surface area contributed by atoms with Crippen LogP contribution in [0.15, 0.2) is 47.4 Å². The van der Waals surface area contributed by atoms with Gasteiger partial charge in [-0.15, -0.1) is 0 Å². The van der Waals surface area contributed by atoms with E-state index in [1.165, 1.54) is 18.2 Å². The molecule has 0 aliphatic heterocycles. The normalized spacial score (nSPS) is 11.2. The molecule has 0 saturated carbocycles. The minimum Gasteiger partial charge on any atom is -0.376 e. The topological polar surface area (TPSA) is 49.4 Å². The molecule has 2 aromatic rings. The lowest BCUT2D eigenvalue weighted by molar-refractivity contribution is 0.599. The number of benzene rings is 2. The third-order valence-electron chi connectivity index (χ3n) is 2.81. The molecule has 0 amide bonds. The van der Waals surface area contributed by atoms with Gasteiger partial charge in [-0.25, -0.2) is 12.8 Å². The van der Waals surface area contributed by atoms with E-state index in [0.717, 1.165) is 17.8 Å². The van der Waals surface area contributed by atoms with Crippen LogP contribution in [0.5, 0.6) is 0 Å². The monoisotopic (exact) mass is 328 g/mol. The molecule has 0 fully saturated rings. The van der Waals surface area contributed by atoms with Gasteiger partial charge < -0.3 is 4.90 Å². The second-order valence-electron chi connectivity index (χ2n) is 4.62. The number of hydrogen-bond donors (Lipinski definition) is 1. The molecular formula is C14H14ClFN2O2S.